The fourth-order valence-corrected chi connectivity index (χ4v) is 4.30. The van der Waals surface area contributed by atoms with Gasteiger partial charge in [0.25, 0.3) is 5.56 Å². The van der Waals surface area contributed by atoms with Crippen LogP contribution in [-0.4, -0.2) is 23.0 Å². The number of aryl methyl sites for hydroxylation is 1. The summed E-state index contributed by atoms with van der Waals surface area (Å²) in [6.07, 6.45) is 7.42. The number of hydrogen-bond donors (Lipinski definition) is 0. The number of rotatable bonds is 4. The summed E-state index contributed by atoms with van der Waals surface area (Å²) in [5.41, 5.74) is 2.59. The van der Waals surface area contributed by atoms with E-state index in [1.165, 1.54) is 23.9 Å². The molecule has 0 unspecified atom stereocenters. The quantitative estimate of drug-likeness (QED) is 0.496. The zero-order valence-corrected chi connectivity index (χ0v) is 18.3. The molecule has 1 saturated carbocycles. The summed E-state index contributed by atoms with van der Waals surface area (Å²) >= 11 is 3.46. The molecule has 5 nitrogen and oxygen atoms in total. The summed E-state index contributed by atoms with van der Waals surface area (Å²) in [6.45, 7) is 2.00. The topological polar surface area (TPSA) is 56.5 Å². The first-order valence-corrected chi connectivity index (χ1v) is 10.8. The summed E-state index contributed by atoms with van der Waals surface area (Å²) in [7, 11) is 1.65. The van der Waals surface area contributed by atoms with Gasteiger partial charge >= 0.3 is 0 Å². The maximum absolute atomic E-state index is 13.3. The lowest BCUT2D eigenvalue weighted by molar-refractivity contribution is 0.414. The van der Waals surface area contributed by atoms with Gasteiger partial charge in [0.05, 0.1) is 24.2 Å². The van der Waals surface area contributed by atoms with Gasteiger partial charge in [0.15, 0.2) is 0 Å². The van der Waals surface area contributed by atoms with Gasteiger partial charge in [-0.15, -0.1) is 0 Å². The Kier molecular flexibility index (Phi) is 5.81. The van der Waals surface area contributed by atoms with Crippen LogP contribution < -0.4 is 10.3 Å². The van der Waals surface area contributed by atoms with E-state index in [4.69, 9.17) is 9.72 Å². The van der Waals surface area contributed by atoms with Gasteiger partial charge in [-0.2, -0.15) is 9.78 Å². The third-order valence-corrected chi connectivity index (χ3v) is 6.09. The number of halogens is 1. The van der Waals surface area contributed by atoms with E-state index in [0.29, 0.717) is 5.39 Å². The molecular weight excluding hydrogens is 430 g/mol. The van der Waals surface area contributed by atoms with Crippen molar-refractivity contribution in [2.75, 3.05) is 7.11 Å². The van der Waals surface area contributed by atoms with E-state index in [0.717, 1.165) is 45.5 Å². The number of benzene rings is 2. The first kappa shape index (κ1) is 19.8. The minimum absolute atomic E-state index is 0.126. The van der Waals surface area contributed by atoms with E-state index in [-0.39, 0.29) is 11.5 Å². The summed E-state index contributed by atoms with van der Waals surface area (Å²) in [5.74, 6) is 1.84. The molecule has 1 aliphatic carbocycles. The number of ether oxygens (including phenoxy) is 1. The smallest absolute Gasteiger partial charge is 0.282 e. The van der Waals surface area contributed by atoms with Crippen LogP contribution in [-0.2, 0) is 0 Å². The molecule has 0 radical (unpaired) electrons. The van der Waals surface area contributed by atoms with Crippen molar-refractivity contribution >= 4 is 33.0 Å². The van der Waals surface area contributed by atoms with Crippen LogP contribution in [0.3, 0.4) is 0 Å². The highest BCUT2D eigenvalue weighted by Gasteiger charge is 2.22. The van der Waals surface area contributed by atoms with Crippen molar-refractivity contribution in [1.29, 1.82) is 0 Å². The van der Waals surface area contributed by atoms with Gasteiger partial charge in [-0.25, -0.2) is 4.98 Å². The summed E-state index contributed by atoms with van der Waals surface area (Å²) in [4.78, 5) is 18.2. The second-order valence-electron chi connectivity index (χ2n) is 7.55. The second-order valence-corrected chi connectivity index (χ2v) is 8.47. The third-order valence-electron chi connectivity index (χ3n) is 5.59. The van der Waals surface area contributed by atoms with Gasteiger partial charge in [0, 0.05) is 10.4 Å². The Balaban J connectivity index is 1.84. The van der Waals surface area contributed by atoms with Gasteiger partial charge in [0.1, 0.15) is 11.6 Å². The maximum Gasteiger partial charge on any atom is 0.282 e. The lowest BCUT2D eigenvalue weighted by Gasteiger charge is -2.22. The van der Waals surface area contributed by atoms with E-state index in [2.05, 4.69) is 21.0 Å². The van der Waals surface area contributed by atoms with Crippen LogP contribution in [0.4, 0.5) is 0 Å². The fourth-order valence-electron chi connectivity index (χ4n) is 3.94. The Morgan fingerprint density at radius 1 is 1.17 bits per heavy atom. The fraction of sp³-hybridized carbons (Fsp3) is 0.348. The Morgan fingerprint density at radius 2 is 1.97 bits per heavy atom. The summed E-state index contributed by atoms with van der Waals surface area (Å²) < 4.78 is 7.64. The second kappa shape index (κ2) is 8.49. The van der Waals surface area contributed by atoms with E-state index >= 15 is 0 Å². The third kappa shape index (κ3) is 4.13. The number of methoxy groups -OCH3 is 1. The van der Waals surface area contributed by atoms with Crippen molar-refractivity contribution in [1.82, 2.24) is 9.66 Å². The highest BCUT2D eigenvalue weighted by atomic mass is 79.9. The van der Waals surface area contributed by atoms with Crippen LogP contribution in [0, 0.1) is 6.92 Å². The van der Waals surface area contributed by atoms with Gasteiger partial charge in [0.2, 0.25) is 0 Å². The average Bonchev–Trinajstić information content (AvgIpc) is 2.74. The number of hydrogen-bond acceptors (Lipinski definition) is 4. The van der Waals surface area contributed by atoms with Gasteiger partial charge < -0.3 is 4.74 Å². The molecular formula is C23H24BrN3O2. The highest BCUT2D eigenvalue weighted by Crippen LogP contribution is 2.32. The van der Waals surface area contributed by atoms with E-state index in [9.17, 15) is 4.79 Å². The average molecular weight is 454 g/mol. The SMILES string of the molecule is COc1ccc(C=Nn2c(C3CCCCC3)nc3ccc(Br)cc3c2=O)c(C)c1. The minimum atomic E-state index is -0.126. The molecule has 6 heteroatoms. The van der Waals surface area contributed by atoms with Crippen molar-refractivity contribution in [3.05, 3.63) is 68.2 Å². The normalized spacial score (nSPS) is 15.3. The van der Waals surface area contributed by atoms with Crippen LogP contribution in [0.25, 0.3) is 10.9 Å². The Morgan fingerprint density at radius 3 is 2.69 bits per heavy atom. The predicted molar refractivity (Wildman–Crippen MR) is 120 cm³/mol. The molecule has 0 atom stereocenters. The first-order chi connectivity index (χ1) is 14.1. The highest BCUT2D eigenvalue weighted by molar-refractivity contribution is 9.10. The first-order valence-electron chi connectivity index (χ1n) is 9.98. The summed E-state index contributed by atoms with van der Waals surface area (Å²) in [6, 6.07) is 11.5. The zero-order chi connectivity index (χ0) is 20.4. The molecule has 0 aliphatic heterocycles. The molecule has 1 fully saturated rings. The van der Waals surface area contributed by atoms with Crippen molar-refractivity contribution < 1.29 is 4.74 Å². The lowest BCUT2D eigenvalue weighted by atomic mass is 9.88. The molecule has 3 aromatic rings. The molecule has 150 valence electrons. The van der Waals surface area contributed by atoms with Crippen molar-refractivity contribution in [2.45, 2.75) is 44.9 Å². The molecule has 1 aliphatic rings. The predicted octanol–water partition coefficient (Wildman–Crippen LogP) is 5.41. The van der Waals surface area contributed by atoms with Crippen LogP contribution in [0.1, 0.15) is 55.0 Å². The Bertz CT molecular complexity index is 1130. The van der Waals surface area contributed by atoms with Gasteiger partial charge in [-0.05, 0) is 67.3 Å². The number of nitrogens with zero attached hydrogens (tertiary/aromatic N) is 3. The zero-order valence-electron chi connectivity index (χ0n) is 16.7. The molecule has 0 saturated heterocycles. The minimum Gasteiger partial charge on any atom is -0.497 e. The Hall–Kier alpha value is -2.47. The largest absolute Gasteiger partial charge is 0.497 e. The monoisotopic (exact) mass is 453 g/mol. The van der Waals surface area contributed by atoms with Crippen LogP contribution in [0.5, 0.6) is 5.75 Å². The van der Waals surface area contributed by atoms with E-state index in [1.54, 1.807) is 13.3 Å². The molecule has 0 spiro atoms. The van der Waals surface area contributed by atoms with Crippen molar-refractivity contribution in [2.24, 2.45) is 5.10 Å². The molecule has 1 aromatic heterocycles. The summed E-state index contributed by atoms with van der Waals surface area (Å²) in [5, 5.41) is 5.18. The molecule has 0 bridgehead atoms. The number of fused-ring (bicyclic) bond motifs is 1. The lowest BCUT2D eigenvalue weighted by Crippen LogP contribution is -2.25. The van der Waals surface area contributed by atoms with E-state index in [1.807, 2.05) is 43.3 Å². The van der Waals surface area contributed by atoms with Crippen molar-refractivity contribution in [3.63, 3.8) is 0 Å². The van der Waals surface area contributed by atoms with Gasteiger partial charge in [-0.1, -0.05) is 35.2 Å². The maximum atomic E-state index is 13.3. The van der Waals surface area contributed by atoms with Crippen LogP contribution in [0.15, 0.2) is 50.8 Å². The molecule has 0 amide bonds. The molecule has 4 rings (SSSR count). The molecule has 29 heavy (non-hydrogen) atoms. The molecule has 1 heterocycles. The number of aromatic nitrogens is 2. The van der Waals surface area contributed by atoms with Crippen LogP contribution >= 0.6 is 15.9 Å². The Labute approximate surface area is 178 Å². The van der Waals surface area contributed by atoms with Crippen LogP contribution in [0.2, 0.25) is 0 Å². The molecule has 0 N–H and O–H groups in total. The van der Waals surface area contributed by atoms with Crippen molar-refractivity contribution in [3.8, 4) is 5.75 Å². The van der Waals surface area contributed by atoms with Gasteiger partial charge in [-0.3, -0.25) is 4.79 Å². The standard InChI is InChI=1S/C23H24BrN3O2/c1-15-12-19(29-2)10-8-17(15)14-25-27-22(16-6-4-3-5-7-16)26-21-11-9-18(24)13-20(21)23(27)28/h8-14,16H,3-7H2,1-2H3. The van der Waals surface area contributed by atoms with E-state index < -0.39 is 0 Å². The molecule has 2 aromatic carbocycles.